The summed E-state index contributed by atoms with van der Waals surface area (Å²) in [6.45, 7) is 11.6. The number of benzene rings is 1. The summed E-state index contributed by atoms with van der Waals surface area (Å²) in [6, 6.07) is 8.14. The van der Waals surface area contributed by atoms with Gasteiger partial charge in [0.05, 0.1) is 13.2 Å². The molecule has 0 unspecified atom stereocenters. The number of nitrogens with zero attached hydrogens (tertiary/aromatic N) is 1. The van der Waals surface area contributed by atoms with Gasteiger partial charge in [0.1, 0.15) is 12.4 Å². The molecule has 0 aliphatic carbocycles. The van der Waals surface area contributed by atoms with Crippen molar-refractivity contribution in [3.63, 3.8) is 0 Å². The molecular formula is C15H25NO2. The Morgan fingerprint density at radius 3 is 2.50 bits per heavy atom. The summed E-state index contributed by atoms with van der Waals surface area (Å²) in [6.07, 6.45) is 0. The molecule has 102 valence electrons. The van der Waals surface area contributed by atoms with Crippen molar-refractivity contribution in [2.75, 3.05) is 39.5 Å². The third kappa shape index (κ3) is 5.07. The molecule has 1 aliphatic rings. The highest BCUT2D eigenvalue weighted by Crippen LogP contribution is 2.15. The van der Waals surface area contributed by atoms with E-state index in [1.165, 1.54) is 5.56 Å². The Morgan fingerprint density at radius 2 is 1.83 bits per heavy atom. The van der Waals surface area contributed by atoms with Crippen molar-refractivity contribution in [1.29, 1.82) is 0 Å². The third-order valence-corrected chi connectivity index (χ3v) is 2.86. The van der Waals surface area contributed by atoms with Crippen LogP contribution in [0.3, 0.4) is 0 Å². The fourth-order valence-corrected chi connectivity index (χ4v) is 1.83. The smallest absolute Gasteiger partial charge is 0.122 e. The maximum Gasteiger partial charge on any atom is 0.122 e. The highest BCUT2D eigenvalue weighted by molar-refractivity contribution is 5.31. The van der Waals surface area contributed by atoms with Crippen LogP contribution in [-0.2, 0) is 4.74 Å². The Hall–Kier alpha value is -1.06. The normalized spacial score (nSPS) is 15.7. The number of morpholine rings is 1. The predicted octanol–water partition coefficient (Wildman–Crippen LogP) is 2.73. The minimum absolute atomic E-state index is 0.755. The van der Waals surface area contributed by atoms with Crippen LogP contribution >= 0.6 is 0 Å². The molecule has 1 heterocycles. The van der Waals surface area contributed by atoms with E-state index in [0.29, 0.717) is 0 Å². The first-order valence-electron chi connectivity index (χ1n) is 6.85. The molecule has 3 heteroatoms. The molecule has 1 fully saturated rings. The highest BCUT2D eigenvalue weighted by Gasteiger charge is 2.09. The van der Waals surface area contributed by atoms with E-state index >= 15 is 0 Å². The monoisotopic (exact) mass is 251 g/mol. The van der Waals surface area contributed by atoms with Crippen LogP contribution < -0.4 is 4.74 Å². The minimum atomic E-state index is 0.755. The maximum atomic E-state index is 5.76. The standard InChI is InChI=1S/C13H19NO2.C2H6/c1-12-4-2-3-5-13(12)16-11-8-14-6-9-15-10-7-14;1-2/h2-5H,6-11H2,1H3;1-2H3. The van der Waals surface area contributed by atoms with E-state index in [9.17, 15) is 0 Å². The summed E-state index contributed by atoms with van der Waals surface area (Å²) in [5.41, 5.74) is 1.20. The number of para-hydroxylation sites is 1. The summed E-state index contributed by atoms with van der Waals surface area (Å²) >= 11 is 0. The van der Waals surface area contributed by atoms with Crippen LogP contribution in [0.15, 0.2) is 24.3 Å². The summed E-state index contributed by atoms with van der Waals surface area (Å²) < 4.78 is 11.1. The van der Waals surface area contributed by atoms with Crippen LogP contribution in [-0.4, -0.2) is 44.4 Å². The van der Waals surface area contributed by atoms with Crippen LogP contribution in [0.5, 0.6) is 5.75 Å². The lowest BCUT2D eigenvalue weighted by atomic mass is 10.2. The quantitative estimate of drug-likeness (QED) is 0.821. The Labute approximate surface area is 111 Å². The Morgan fingerprint density at radius 1 is 1.17 bits per heavy atom. The van der Waals surface area contributed by atoms with Crippen LogP contribution in [0.4, 0.5) is 0 Å². The van der Waals surface area contributed by atoms with Gasteiger partial charge < -0.3 is 9.47 Å². The summed E-state index contributed by atoms with van der Waals surface area (Å²) in [5, 5.41) is 0. The van der Waals surface area contributed by atoms with Crippen LogP contribution in [0, 0.1) is 6.92 Å². The minimum Gasteiger partial charge on any atom is -0.492 e. The third-order valence-electron chi connectivity index (χ3n) is 2.86. The van der Waals surface area contributed by atoms with Gasteiger partial charge in [0.25, 0.3) is 0 Å². The fraction of sp³-hybridized carbons (Fsp3) is 0.600. The highest BCUT2D eigenvalue weighted by atomic mass is 16.5. The molecule has 0 N–H and O–H groups in total. The molecule has 0 amide bonds. The van der Waals surface area contributed by atoms with Crippen molar-refractivity contribution in [3.05, 3.63) is 29.8 Å². The molecular weight excluding hydrogens is 226 g/mol. The average Bonchev–Trinajstić information content (AvgIpc) is 2.44. The Kier molecular flexibility index (Phi) is 7.46. The molecule has 3 nitrogen and oxygen atoms in total. The van der Waals surface area contributed by atoms with Crippen molar-refractivity contribution < 1.29 is 9.47 Å². The van der Waals surface area contributed by atoms with Gasteiger partial charge in [-0.25, -0.2) is 0 Å². The second-order valence-corrected chi connectivity index (χ2v) is 4.07. The van der Waals surface area contributed by atoms with E-state index in [4.69, 9.17) is 9.47 Å². The zero-order chi connectivity index (χ0) is 13.2. The van der Waals surface area contributed by atoms with Crippen LogP contribution in [0.25, 0.3) is 0 Å². The summed E-state index contributed by atoms with van der Waals surface area (Å²) in [5.74, 6) is 0.996. The molecule has 1 saturated heterocycles. The molecule has 2 rings (SSSR count). The van der Waals surface area contributed by atoms with E-state index < -0.39 is 0 Å². The predicted molar refractivity (Wildman–Crippen MR) is 75.3 cm³/mol. The number of rotatable bonds is 4. The van der Waals surface area contributed by atoms with Gasteiger partial charge in [-0.3, -0.25) is 4.90 Å². The van der Waals surface area contributed by atoms with Crippen molar-refractivity contribution in [1.82, 2.24) is 4.90 Å². The molecule has 0 aromatic heterocycles. The summed E-state index contributed by atoms with van der Waals surface area (Å²) in [4.78, 5) is 2.38. The SMILES string of the molecule is CC.Cc1ccccc1OCCN1CCOCC1. The Bertz CT molecular complexity index is 322. The van der Waals surface area contributed by atoms with Crippen molar-refractivity contribution in [3.8, 4) is 5.75 Å². The van der Waals surface area contributed by atoms with Gasteiger partial charge >= 0.3 is 0 Å². The molecule has 1 aromatic rings. The lowest BCUT2D eigenvalue weighted by Gasteiger charge is -2.26. The van der Waals surface area contributed by atoms with E-state index in [0.717, 1.165) is 45.2 Å². The van der Waals surface area contributed by atoms with Crippen molar-refractivity contribution >= 4 is 0 Å². The number of hydrogen-bond donors (Lipinski definition) is 0. The first kappa shape index (κ1) is 15.0. The van der Waals surface area contributed by atoms with Crippen LogP contribution in [0.2, 0.25) is 0 Å². The number of ether oxygens (including phenoxy) is 2. The largest absolute Gasteiger partial charge is 0.492 e. The first-order chi connectivity index (χ1) is 8.86. The molecule has 18 heavy (non-hydrogen) atoms. The molecule has 0 radical (unpaired) electrons. The van der Waals surface area contributed by atoms with Gasteiger partial charge in [-0.1, -0.05) is 32.0 Å². The lowest BCUT2D eigenvalue weighted by molar-refractivity contribution is 0.0322. The van der Waals surface area contributed by atoms with Crippen molar-refractivity contribution in [2.45, 2.75) is 20.8 Å². The zero-order valence-electron chi connectivity index (χ0n) is 11.8. The fourth-order valence-electron chi connectivity index (χ4n) is 1.83. The van der Waals surface area contributed by atoms with Crippen molar-refractivity contribution in [2.24, 2.45) is 0 Å². The van der Waals surface area contributed by atoms with Crippen LogP contribution in [0.1, 0.15) is 19.4 Å². The van der Waals surface area contributed by atoms with E-state index in [-0.39, 0.29) is 0 Å². The van der Waals surface area contributed by atoms with Gasteiger partial charge in [0.15, 0.2) is 0 Å². The number of aryl methyl sites for hydroxylation is 1. The van der Waals surface area contributed by atoms with Gasteiger partial charge in [-0.15, -0.1) is 0 Å². The molecule has 0 spiro atoms. The van der Waals surface area contributed by atoms with E-state index in [1.807, 2.05) is 32.0 Å². The second kappa shape index (κ2) is 8.95. The maximum absolute atomic E-state index is 5.76. The van der Waals surface area contributed by atoms with Gasteiger partial charge in [0, 0.05) is 19.6 Å². The average molecular weight is 251 g/mol. The van der Waals surface area contributed by atoms with Gasteiger partial charge in [0.2, 0.25) is 0 Å². The topological polar surface area (TPSA) is 21.7 Å². The Balaban J connectivity index is 0.000000771. The zero-order valence-corrected chi connectivity index (χ0v) is 11.8. The van der Waals surface area contributed by atoms with Gasteiger partial charge in [-0.05, 0) is 18.6 Å². The number of hydrogen-bond acceptors (Lipinski definition) is 3. The molecule has 0 bridgehead atoms. The van der Waals surface area contributed by atoms with Gasteiger partial charge in [-0.2, -0.15) is 0 Å². The lowest BCUT2D eigenvalue weighted by Crippen LogP contribution is -2.38. The molecule has 1 aliphatic heterocycles. The molecule has 0 atom stereocenters. The van der Waals surface area contributed by atoms with E-state index in [1.54, 1.807) is 0 Å². The van der Waals surface area contributed by atoms with E-state index in [2.05, 4.69) is 17.9 Å². The molecule has 1 aromatic carbocycles. The first-order valence-corrected chi connectivity index (χ1v) is 6.85. The summed E-state index contributed by atoms with van der Waals surface area (Å²) in [7, 11) is 0. The molecule has 0 saturated carbocycles. The second-order valence-electron chi connectivity index (χ2n) is 4.07.